The standard InChI is InChI=1S/C15H23FN2/c1-11(13-6-4-3-5-7-13)18-12(2)15-9-8-14(16)10-17-15/h8-13,18H,3-7H2,1-2H3. The quantitative estimate of drug-likeness (QED) is 0.878. The molecule has 2 nitrogen and oxygen atoms in total. The first-order valence-electron chi connectivity index (χ1n) is 7.04. The number of hydrogen-bond acceptors (Lipinski definition) is 2. The summed E-state index contributed by atoms with van der Waals surface area (Å²) >= 11 is 0. The van der Waals surface area contributed by atoms with Gasteiger partial charge in [-0.05, 0) is 44.7 Å². The summed E-state index contributed by atoms with van der Waals surface area (Å²) in [4.78, 5) is 4.14. The monoisotopic (exact) mass is 250 g/mol. The van der Waals surface area contributed by atoms with Gasteiger partial charge in [0.1, 0.15) is 5.82 Å². The lowest BCUT2D eigenvalue weighted by molar-refractivity contribution is 0.267. The van der Waals surface area contributed by atoms with Crippen molar-refractivity contribution in [2.45, 2.75) is 58.0 Å². The summed E-state index contributed by atoms with van der Waals surface area (Å²) < 4.78 is 12.8. The van der Waals surface area contributed by atoms with Crippen LogP contribution in [0.15, 0.2) is 18.3 Å². The van der Waals surface area contributed by atoms with Crippen molar-refractivity contribution in [1.82, 2.24) is 10.3 Å². The third-order valence-corrected chi connectivity index (χ3v) is 4.06. The second-order valence-corrected chi connectivity index (χ2v) is 5.48. The fourth-order valence-corrected chi connectivity index (χ4v) is 2.89. The maximum atomic E-state index is 12.8. The van der Waals surface area contributed by atoms with Gasteiger partial charge in [0.15, 0.2) is 0 Å². The van der Waals surface area contributed by atoms with Gasteiger partial charge < -0.3 is 5.32 Å². The Morgan fingerprint density at radius 3 is 2.56 bits per heavy atom. The van der Waals surface area contributed by atoms with Gasteiger partial charge in [-0.15, -0.1) is 0 Å². The molecule has 1 aromatic rings. The molecule has 0 spiro atoms. The van der Waals surface area contributed by atoms with Gasteiger partial charge in [0, 0.05) is 12.1 Å². The third-order valence-electron chi connectivity index (χ3n) is 4.06. The Morgan fingerprint density at radius 2 is 1.94 bits per heavy atom. The molecule has 1 heterocycles. The molecule has 2 rings (SSSR count). The maximum absolute atomic E-state index is 12.8. The van der Waals surface area contributed by atoms with Crippen molar-refractivity contribution in [3.8, 4) is 0 Å². The van der Waals surface area contributed by atoms with E-state index < -0.39 is 0 Å². The van der Waals surface area contributed by atoms with Crippen molar-refractivity contribution < 1.29 is 4.39 Å². The number of halogens is 1. The van der Waals surface area contributed by atoms with Crippen LogP contribution in [0.2, 0.25) is 0 Å². The minimum atomic E-state index is -0.272. The van der Waals surface area contributed by atoms with E-state index in [4.69, 9.17) is 0 Å². The number of pyridine rings is 1. The molecule has 0 amide bonds. The van der Waals surface area contributed by atoms with E-state index in [-0.39, 0.29) is 11.9 Å². The van der Waals surface area contributed by atoms with Gasteiger partial charge in [0.25, 0.3) is 0 Å². The number of rotatable bonds is 4. The molecule has 0 aliphatic heterocycles. The minimum Gasteiger partial charge on any atom is -0.306 e. The van der Waals surface area contributed by atoms with Crippen LogP contribution in [0.3, 0.4) is 0 Å². The van der Waals surface area contributed by atoms with Crippen molar-refractivity contribution >= 4 is 0 Å². The third kappa shape index (κ3) is 3.52. The zero-order valence-corrected chi connectivity index (χ0v) is 11.3. The fraction of sp³-hybridized carbons (Fsp3) is 0.667. The minimum absolute atomic E-state index is 0.183. The molecule has 18 heavy (non-hydrogen) atoms. The van der Waals surface area contributed by atoms with Crippen molar-refractivity contribution in [3.63, 3.8) is 0 Å². The van der Waals surface area contributed by atoms with Gasteiger partial charge in [0.2, 0.25) is 0 Å². The molecule has 0 bridgehead atoms. The molecule has 1 saturated carbocycles. The summed E-state index contributed by atoms with van der Waals surface area (Å²) in [5.74, 6) is 0.507. The van der Waals surface area contributed by atoms with E-state index in [2.05, 4.69) is 24.1 Å². The highest BCUT2D eigenvalue weighted by molar-refractivity contribution is 5.09. The fourth-order valence-electron chi connectivity index (χ4n) is 2.89. The number of nitrogens with one attached hydrogen (secondary N) is 1. The summed E-state index contributed by atoms with van der Waals surface area (Å²) in [7, 11) is 0. The zero-order valence-electron chi connectivity index (χ0n) is 11.3. The Labute approximate surface area is 109 Å². The predicted molar refractivity (Wildman–Crippen MR) is 71.8 cm³/mol. The largest absolute Gasteiger partial charge is 0.306 e. The molecule has 1 aromatic heterocycles. The summed E-state index contributed by atoms with van der Waals surface area (Å²) in [6, 6.07) is 3.93. The van der Waals surface area contributed by atoms with Gasteiger partial charge in [-0.25, -0.2) is 4.39 Å². The maximum Gasteiger partial charge on any atom is 0.141 e. The molecule has 100 valence electrons. The van der Waals surface area contributed by atoms with Crippen LogP contribution in [0.5, 0.6) is 0 Å². The van der Waals surface area contributed by atoms with Crippen molar-refractivity contribution in [2.24, 2.45) is 5.92 Å². The van der Waals surface area contributed by atoms with E-state index in [9.17, 15) is 4.39 Å². The molecule has 0 saturated heterocycles. The van der Waals surface area contributed by atoms with E-state index in [0.717, 1.165) is 11.6 Å². The molecule has 3 heteroatoms. The molecular weight excluding hydrogens is 227 g/mol. The van der Waals surface area contributed by atoms with Gasteiger partial charge >= 0.3 is 0 Å². The lowest BCUT2D eigenvalue weighted by Crippen LogP contribution is -2.36. The Morgan fingerprint density at radius 1 is 1.22 bits per heavy atom. The Hall–Kier alpha value is -0.960. The van der Waals surface area contributed by atoms with E-state index in [1.54, 1.807) is 6.07 Å². The van der Waals surface area contributed by atoms with E-state index in [1.807, 2.05) is 0 Å². The second kappa shape index (κ2) is 6.28. The van der Waals surface area contributed by atoms with Crippen LogP contribution in [0.1, 0.15) is 57.7 Å². The first-order chi connectivity index (χ1) is 8.66. The molecule has 2 atom stereocenters. The SMILES string of the molecule is CC(NC(C)C1CCCCC1)c1ccc(F)cn1. The van der Waals surface area contributed by atoms with Crippen LogP contribution in [-0.2, 0) is 0 Å². The molecule has 1 aliphatic rings. The van der Waals surface area contributed by atoms with E-state index >= 15 is 0 Å². The van der Waals surface area contributed by atoms with E-state index in [1.165, 1.54) is 44.4 Å². The molecule has 1 aliphatic carbocycles. The first kappa shape index (κ1) is 13.5. The smallest absolute Gasteiger partial charge is 0.141 e. The normalized spacial score (nSPS) is 20.6. The summed E-state index contributed by atoms with van der Waals surface area (Å²) in [6.45, 7) is 4.36. The molecule has 1 fully saturated rings. The molecule has 1 N–H and O–H groups in total. The van der Waals surface area contributed by atoms with Crippen LogP contribution < -0.4 is 5.32 Å². The number of nitrogens with zero attached hydrogens (tertiary/aromatic N) is 1. The van der Waals surface area contributed by atoms with Crippen LogP contribution >= 0.6 is 0 Å². The summed E-state index contributed by atoms with van der Waals surface area (Å²) in [5.41, 5.74) is 0.916. The van der Waals surface area contributed by atoms with Crippen molar-refractivity contribution in [2.75, 3.05) is 0 Å². The van der Waals surface area contributed by atoms with Crippen LogP contribution in [0.25, 0.3) is 0 Å². The lowest BCUT2D eigenvalue weighted by Gasteiger charge is -2.30. The number of hydrogen-bond donors (Lipinski definition) is 1. The number of aromatic nitrogens is 1. The molecular formula is C15H23FN2. The predicted octanol–water partition coefficient (Wildman–Crippen LogP) is 3.84. The topological polar surface area (TPSA) is 24.9 Å². The molecule has 2 unspecified atom stereocenters. The Balaban J connectivity index is 1.89. The van der Waals surface area contributed by atoms with Gasteiger partial charge in [0.05, 0.1) is 11.9 Å². The summed E-state index contributed by atoms with van der Waals surface area (Å²) in [5, 5.41) is 3.60. The van der Waals surface area contributed by atoms with Crippen molar-refractivity contribution in [1.29, 1.82) is 0 Å². The summed E-state index contributed by atoms with van der Waals surface area (Å²) in [6.07, 6.45) is 8.06. The van der Waals surface area contributed by atoms with Gasteiger partial charge in [-0.1, -0.05) is 19.3 Å². The highest BCUT2D eigenvalue weighted by atomic mass is 19.1. The zero-order chi connectivity index (χ0) is 13.0. The average Bonchev–Trinajstić information content (AvgIpc) is 2.40. The Kier molecular flexibility index (Phi) is 4.70. The molecule has 0 radical (unpaired) electrons. The lowest BCUT2D eigenvalue weighted by atomic mass is 9.84. The second-order valence-electron chi connectivity index (χ2n) is 5.48. The van der Waals surface area contributed by atoms with Crippen LogP contribution in [-0.4, -0.2) is 11.0 Å². The van der Waals surface area contributed by atoms with Gasteiger partial charge in [-0.3, -0.25) is 4.98 Å². The Bertz CT molecular complexity index is 357. The van der Waals surface area contributed by atoms with Crippen LogP contribution in [0, 0.1) is 11.7 Å². The first-order valence-corrected chi connectivity index (χ1v) is 7.04. The highest BCUT2D eigenvalue weighted by Crippen LogP contribution is 2.27. The van der Waals surface area contributed by atoms with Crippen molar-refractivity contribution in [3.05, 3.63) is 29.8 Å². The average molecular weight is 250 g/mol. The van der Waals surface area contributed by atoms with Crippen LogP contribution in [0.4, 0.5) is 4.39 Å². The van der Waals surface area contributed by atoms with Gasteiger partial charge in [-0.2, -0.15) is 0 Å². The molecule has 0 aromatic carbocycles. The highest BCUT2D eigenvalue weighted by Gasteiger charge is 2.21. The van der Waals surface area contributed by atoms with E-state index in [0.29, 0.717) is 6.04 Å².